The molecule has 4 aliphatic rings. The first-order chi connectivity index (χ1) is 21.8. The predicted octanol–water partition coefficient (Wildman–Crippen LogP) is 8.57. The minimum Gasteiger partial charge on any atom is -0.490 e. The molecule has 8 heteroatoms. The van der Waals surface area contributed by atoms with Gasteiger partial charge >= 0.3 is 5.97 Å². The van der Waals surface area contributed by atoms with E-state index in [-0.39, 0.29) is 28.6 Å². The number of fused-ring (bicyclic) bond motifs is 3. The van der Waals surface area contributed by atoms with E-state index in [4.69, 9.17) is 25.5 Å². The summed E-state index contributed by atoms with van der Waals surface area (Å²) in [5.41, 5.74) is 4.01. The molecule has 6 atom stereocenters. The summed E-state index contributed by atoms with van der Waals surface area (Å²) in [5, 5.41) is 11.6. The highest BCUT2D eigenvalue weighted by molar-refractivity contribution is 6.74. The van der Waals surface area contributed by atoms with E-state index in [1.807, 2.05) is 24.3 Å². The number of halogens is 1. The Kier molecular flexibility index (Phi) is 9.63. The molecule has 0 radical (unpaired) electrons. The Hall–Kier alpha value is -2.06. The summed E-state index contributed by atoms with van der Waals surface area (Å²) in [5.74, 6) is 1.77. The summed E-state index contributed by atoms with van der Waals surface area (Å²) in [6, 6.07) is 12.1. The zero-order chi connectivity index (χ0) is 32.9. The first-order valence-corrected chi connectivity index (χ1v) is 20.8. The molecule has 0 saturated heterocycles. The lowest BCUT2D eigenvalue weighted by Gasteiger charge is -2.52. The molecule has 2 fully saturated rings. The van der Waals surface area contributed by atoms with Crippen LogP contribution in [0.1, 0.15) is 93.6 Å². The van der Waals surface area contributed by atoms with Gasteiger partial charge in [0.1, 0.15) is 5.75 Å². The number of esters is 1. The summed E-state index contributed by atoms with van der Waals surface area (Å²) >= 11 is 6.48. The van der Waals surface area contributed by atoms with Gasteiger partial charge in [-0.15, -0.1) is 0 Å². The monoisotopic (exact) mass is 667 g/mol. The fraction of sp³-hybridized carbons (Fsp3) is 0.658. The number of aliphatic hydroxyl groups excluding tert-OH is 1. The molecule has 46 heavy (non-hydrogen) atoms. The highest BCUT2D eigenvalue weighted by atomic mass is 35.5. The average Bonchev–Trinajstić information content (AvgIpc) is 3.14. The smallest absolute Gasteiger partial charge is 0.337 e. The molecule has 0 amide bonds. The SMILES string of the molecule is COC(=O)c1ccc2c(c1)N(C[C@@H]1CC[C@H]1C(O[Si](C)(C)C(C)(C)C)[C@@H]1CCC[C@@H](O)C1)C[C@@]1(CCCc3cc(Cl)ccc31)CO2. The van der Waals surface area contributed by atoms with Crippen molar-refractivity contribution in [2.75, 3.05) is 31.7 Å². The zero-order valence-corrected chi connectivity index (χ0v) is 30.5. The Labute approximate surface area is 282 Å². The first kappa shape index (κ1) is 33.8. The van der Waals surface area contributed by atoms with Gasteiger partial charge in [-0.2, -0.15) is 0 Å². The largest absolute Gasteiger partial charge is 0.490 e. The number of ether oxygens (including phenoxy) is 2. The van der Waals surface area contributed by atoms with Gasteiger partial charge in [-0.3, -0.25) is 0 Å². The van der Waals surface area contributed by atoms with Crippen LogP contribution in [0.5, 0.6) is 5.75 Å². The van der Waals surface area contributed by atoms with Crippen LogP contribution >= 0.6 is 11.6 Å². The van der Waals surface area contributed by atoms with Gasteiger partial charge in [-0.25, -0.2) is 4.79 Å². The Balaban J connectivity index is 1.35. The van der Waals surface area contributed by atoms with Gasteiger partial charge in [0.05, 0.1) is 37.2 Å². The van der Waals surface area contributed by atoms with Crippen molar-refractivity contribution in [1.82, 2.24) is 0 Å². The Bertz CT molecular complexity index is 1420. The number of methoxy groups -OCH3 is 1. The van der Waals surface area contributed by atoms with E-state index in [1.165, 1.54) is 18.2 Å². The number of nitrogens with zero attached hydrogens (tertiary/aromatic N) is 1. The number of anilines is 1. The molecule has 6 rings (SSSR count). The summed E-state index contributed by atoms with van der Waals surface area (Å²) in [6.07, 6.45) is 9.34. The predicted molar refractivity (Wildman–Crippen MR) is 188 cm³/mol. The van der Waals surface area contributed by atoms with Crippen LogP contribution in [0.4, 0.5) is 5.69 Å². The minimum absolute atomic E-state index is 0.118. The number of aryl methyl sites for hydroxylation is 1. The number of rotatable bonds is 7. The molecular formula is C38H54ClNO5Si. The lowest BCUT2D eigenvalue weighted by atomic mass is 9.65. The zero-order valence-electron chi connectivity index (χ0n) is 28.7. The fourth-order valence-electron chi connectivity index (χ4n) is 8.45. The molecule has 3 aliphatic carbocycles. The Morgan fingerprint density at radius 1 is 1.13 bits per heavy atom. The number of carbonyl (C=O) groups excluding carboxylic acids is 1. The van der Waals surface area contributed by atoms with Crippen LogP contribution in [0.2, 0.25) is 23.2 Å². The number of benzene rings is 2. The second-order valence-corrected chi connectivity index (χ2v) is 21.4. The third-order valence-corrected chi connectivity index (χ3v) is 16.9. The van der Waals surface area contributed by atoms with Crippen LogP contribution in [-0.4, -0.2) is 58.4 Å². The molecule has 1 aliphatic heterocycles. The molecule has 1 heterocycles. The highest BCUT2D eigenvalue weighted by Crippen LogP contribution is 2.50. The van der Waals surface area contributed by atoms with Crippen LogP contribution in [0, 0.1) is 17.8 Å². The summed E-state index contributed by atoms with van der Waals surface area (Å²) in [4.78, 5) is 15.2. The van der Waals surface area contributed by atoms with E-state index in [9.17, 15) is 9.90 Å². The number of hydrogen-bond acceptors (Lipinski definition) is 6. The van der Waals surface area contributed by atoms with E-state index >= 15 is 0 Å². The first-order valence-electron chi connectivity index (χ1n) is 17.6. The topological polar surface area (TPSA) is 68.2 Å². The molecule has 2 aromatic rings. The van der Waals surface area contributed by atoms with Gasteiger partial charge in [0.2, 0.25) is 0 Å². The second kappa shape index (κ2) is 13.1. The number of aliphatic hydroxyl groups is 1. The van der Waals surface area contributed by atoms with Crippen molar-refractivity contribution in [2.24, 2.45) is 17.8 Å². The summed E-state index contributed by atoms with van der Waals surface area (Å²) < 4.78 is 19.2. The van der Waals surface area contributed by atoms with Crippen LogP contribution in [0.3, 0.4) is 0 Å². The van der Waals surface area contributed by atoms with Gasteiger partial charge in [0, 0.05) is 23.5 Å². The summed E-state index contributed by atoms with van der Waals surface area (Å²) in [7, 11) is -0.609. The second-order valence-electron chi connectivity index (χ2n) is 16.2. The number of hydrogen-bond donors (Lipinski definition) is 1. The molecule has 0 aromatic heterocycles. The van der Waals surface area contributed by atoms with Gasteiger partial charge in [-0.05, 0) is 129 Å². The van der Waals surface area contributed by atoms with E-state index in [0.717, 1.165) is 87.3 Å². The van der Waals surface area contributed by atoms with Crippen LogP contribution in [0.25, 0.3) is 0 Å². The van der Waals surface area contributed by atoms with Crippen LogP contribution < -0.4 is 9.64 Å². The van der Waals surface area contributed by atoms with Crippen LogP contribution in [0.15, 0.2) is 36.4 Å². The van der Waals surface area contributed by atoms with E-state index < -0.39 is 8.32 Å². The van der Waals surface area contributed by atoms with Crippen molar-refractivity contribution in [1.29, 1.82) is 0 Å². The molecule has 252 valence electrons. The van der Waals surface area contributed by atoms with Gasteiger partial charge in [-0.1, -0.05) is 44.9 Å². The minimum atomic E-state index is -2.04. The van der Waals surface area contributed by atoms with Gasteiger partial charge < -0.3 is 23.9 Å². The lowest BCUT2D eigenvalue weighted by Crippen LogP contribution is -2.54. The van der Waals surface area contributed by atoms with Crippen molar-refractivity contribution < 1.29 is 23.8 Å². The maximum absolute atomic E-state index is 12.7. The maximum atomic E-state index is 12.7. The number of carbonyl (C=O) groups is 1. The molecule has 2 aromatic carbocycles. The van der Waals surface area contributed by atoms with E-state index in [1.54, 1.807) is 0 Å². The molecule has 6 nitrogen and oxygen atoms in total. The van der Waals surface area contributed by atoms with Crippen molar-refractivity contribution in [3.8, 4) is 5.75 Å². The quantitative estimate of drug-likeness (QED) is 0.236. The standard InChI is InChI=1S/C38H54ClNO5Si/c1-37(2,3)46(5,6)45-35(26-9-7-11-30(41)20-26)31-15-12-28(31)22-40-23-38(18-8-10-25-19-29(39)14-16-32(25)38)24-44-34-17-13-27(21-33(34)40)36(42)43-4/h13-14,16-17,19,21,26,28,30-31,35,41H,7-12,15,18,20,22-24H2,1-6H3/t26-,28+,30-,31-,35?,38+/m1/s1. The maximum Gasteiger partial charge on any atom is 0.337 e. The summed E-state index contributed by atoms with van der Waals surface area (Å²) in [6.45, 7) is 14.0. The Morgan fingerprint density at radius 2 is 1.93 bits per heavy atom. The molecule has 1 spiro atoms. The van der Waals surface area contributed by atoms with E-state index in [2.05, 4.69) is 50.9 Å². The lowest BCUT2D eigenvalue weighted by molar-refractivity contribution is -0.0409. The molecule has 1 unspecified atom stereocenters. The van der Waals surface area contributed by atoms with Crippen LogP contribution in [-0.2, 0) is 21.0 Å². The molecule has 1 N–H and O–H groups in total. The highest BCUT2D eigenvalue weighted by Gasteiger charge is 2.49. The van der Waals surface area contributed by atoms with E-state index in [0.29, 0.717) is 29.9 Å². The van der Waals surface area contributed by atoms with Crippen molar-refractivity contribution >= 4 is 31.6 Å². The fourth-order valence-corrected chi connectivity index (χ4v) is 10.0. The third kappa shape index (κ3) is 6.63. The van der Waals surface area contributed by atoms with Crippen molar-refractivity contribution in [2.45, 2.75) is 114 Å². The third-order valence-electron chi connectivity index (χ3n) is 12.2. The average molecular weight is 668 g/mol. The van der Waals surface area contributed by atoms with Crippen molar-refractivity contribution in [3.63, 3.8) is 0 Å². The molecular weight excluding hydrogens is 614 g/mol. The normalized spacial score (nSPS) is 28.7. The molecule has 2 saturated carbocycles. The Morgan fingerprint density at radius 3 is 2.63 bits per heavy atom. The molecule has 0 bridgehead atoms. The van der Waals surface area contributed by atoms with Gasteiger partial charge in [0.25, 0.3) is 0 Å². The van der Waals surface area contributed by atoms with Gasteiger partial charge in [0.15, 0.2) is 8.32 Å². The van der Waals surface area contributed by atoms with Crippen molar-refractivity contribution in [3.05, 3.63) is 58.1 Å².